The summed E-state index contributed by atoms with van der Waals surface area (Å²) in [6, 6.07) is 7.32. The summed E-state index contributed by atoms with van der Waals surface area (Å²) in [4.78, 5) is 3.93. The molecule has 0 aliphatic rings. The Labute approximate surface area is 124 Å². The second kappa shape index (κ2) is 6.82. The number of aryl methyl sites for hydroxylation is 1. The van der Waals surface area contributed by atoms with Crippen molar-refractivity contribution >= 4 is 11.6 Å². The molecule has 0 aliphatic carbocycles. The zero-order chi connectivity index (χ0) is 14.5. The van der Waals surface area contributed by atoms with E-state index >= 15 is 0 Å². The number of nitrogens with one attached hydrogen (secondary N) is 1. The van der Waals surface area contributed by atoms with Crippen molar-refractivity contribution in [1.29, 1.82) is 0 Å². The lowest BCUT2D eigenvalue weighted by molar-refractivity contribution is 0.580. The minimum absolute atomic E-state index is 0.101. The lowest BCUT2D eigenvalue weighted by Crippen LogP contribution is -2.23. The lowest BCUT2D eigenvalue weighted by Gasteiger charge is -2.20. The molecule has 2 aromatic rings. The van der Waals surface area contributed by atoms with Crippen LogP contribution in [0.15, 0.2) is 36.7 Å². The highest BCUT2D eigenvalue weighted by atomic mass is 35.5. The average molecular weight is 293 g/mol. The third kappa shape index (κ3) is 3.56. The number of pyridine rings is 1. The fourth-order valence-electron chi connectivity index (χ4n) is 2.09. The van der Waals surface area contributed by atoms with Crippen molar-refractivity contribution in [2.45, 2.75) is 26.3 Å². The van der Waals surface area contributed by atoms with Crippen LogP contribution in [0.1, 0.15) is 36.1 Å². The zero-order valence-corrected chi connectivity index (χ0v) is 12.4. The molecule has 0 saturated heterocycles. The highest BCUT2D eigenvalue weighted by Crippen LogP contribution is 2.26. The monoisotopic (exact) mass is 292 g/mol. The third-order valence-electron chi connectivity index (χ3n) is 3.19. The van der Waals surface area contributed by atoms with Gasteiger partial charge in [-0.15, -0.1) is 0 Å². The van der Waals surface area contributed by atoms with Crippen LogP contribution < -0.4 is 5.32 Å². The first kappa shape index (κ1) is 14.9. The van der Waals surface area contributed by atoms with Crippen molar-refractivity contribution in [2.75, 3.05) is 6.54 Å². The first-order valence-corrected chi connectivity index (χ1v) is 7.09. The predicted octanol–water partition coefficient (Wildman–Crippen LogP) is 4.27. The summed E-state index contributed by atoms with van der Waals surface area (Å²) in [5.74, 6) is -0.330. The molecular weight excluding hydrogens is 275 g/mol. The lowest BCUT2D eigenvalue weighted by atomic mass is 9.99. The Kier molecular flexibility index (Phi) is 5.10. The SMILES string of the molecule is CCCNC(c1cncc(F)c1)c1ccc(C)c(Cl)c1. The molecule has 1 aromatic heterocycles. The van der Waals surface area contributed by atoms with Crippen LogP contribution in [-0.4, -0.2) is 11.5 Å². The summed E-state index contributed by atoms with van der Waals surface area (Å²) in [6.45, 7) is 4.90. The van der Waals surface area contributed by atoms with E-state index in [-0.39, 0.29) is 11.9 Å². The van der Waals surface area contributed by atoms with E-state index in [9.17, 15) is 4.39 Å². The molecule has 4 heteroatoms. The summed E-state index contributed by atoms with van der Waals surface area (Å²) in [6.07, 6.45) is 3.89. The maximum Gasteiger partial charge on any atom is 0.141 e. The number of hydrogen-bond donors (Lipinski definition) is 1. The fraction of sp³-hybridized carbons (Fsp3) is 0.312. The molecule has 106 valence electrons. The maximum absolute atomic E-state index is 13.4. The molecule has 0 saturated carbocycles. The van der Waals surface area contributed by atoms with Crippen LogP contribution in [0.2, 0.25) is 5.02 Å². The van der Waals surface area contributed by atoms with Crippen LogP contribution in [0, 0.1) is 12.7 Å². The second-order valence-corrected chi connectivity index (χ2v) is 5.24. The summed E-state index contributed by atoms with van der Waals surface area (Å²) < 4.78 is 13.4. The topological polar surface area (TPSA) is 24.9 Å². The average Bonchev–Trinajstić information content (AvgIpc) is 2.43. The predicted molar refractivity (Wildman–Crippen MR) is 80.5 cm³/mol. The van der Waals surface area contributed by atoms with Crippen molar-refractivity contribution in [1.82, 2.24) is 10.3 Å². The van der Waals surface area contributed by atoms with Crippen LogP contribution in [0.5, 0.6) is 0 Å². The Bertz CT molecular complexity index is 586. The molecular formula is C16H18ClFN2. The number of rotatable bonds is 5. The van der Waals surface area contributed by atoms with Crippen molar-refractivity contribution < 1.29 is 4.39 Å². The molecule has 1 heterocycles. The molecule has 1 aromatic carbocycles. The molecule has 0 radical (unpaired) electrons. The van der Waals surface area contributed by atoms with E-state index in [1.54, 1.807) is 6.20 Å². The van der Waals surface area contributed by atoms with Crippen LogP contribution in [-0.2, 0) is 0 Å². The van der Waals surface area contributed by atoms with Crippen molar-refractivity contribution in [3.8, 4) is 0 Å². The van der Waals surface area contributed by atoms with Gasteiger partial charge in [0.15, 0.2) is 0 Å². The fourth-order valence-corrected chi connectivity index (χ4v) is 2.28. The molecule has 1 unspecified atom stereocenters. The van der Waals surface area contributed by atoms with Gasteiger partial charge in [0.1, 0.15) is 5.82 Å². The Morgan fingerprint density at radius 2 is 2.05 bits per heavy atom. The van der Waals surface area contributed by atoms with E-state index in [2.05, 4.69) is 17.2 Å². The number of hydrogen-bond acceptors (Lipinski definition) is 2. The van der Waals surface area contributed by atoms with E-state index in [1.165, 1.54) is 12.3 Å². The van der Waals surface area contributed by atoms with Gasteiger partial charge in [-0.1, -0.05) is 30.7 Å². The van der Waals surface area contributed by atoms with Gasteiger partial charge < -0.3 is 5.32 Å². The smallest absolute Gasteiger partial charge is 0.141 e. The van der Waals surface area contributed by atoms with Gasteiger partial charge in [-0.2, -0.15) is 0 Å². The molecule has 0 amide bonds. The van der Waals surface area contributed by atoms with Gasteiger partial charge in [0, 0.05) is 11.2 Å². The molecule has 0 spiro atoms. The first-order valence-electron chi connectivity index (χ1n) is 6.71. The summed E-state index contributed by atoms with van der Waals surface area (Å²) in [5.41, 5.74) is 2.85. The molecule has 0 bridgehead atoms. The van der Waals surface area contributed by atoms with Crippen molar-refractivity contribution in [3.63, 3.8) is 0 Å². The van der Waals surface area contributed by atoms with E-state index in [0.29, 0.717) is 0 Å². The van der Waals surface area contributed by atoms with Crippen LogP contribution in [0.4, 0.5) is 4.39 Å². The van der Waals surface area contributed by atoms with Crippen molar-refractivity contribution in [2.24, 2.45) is 0 Å². The van der Waals surface area contributed by atoms with Gasteiger partial charge >= 0.3 is 0 Å². The van der Waals surface area contributed by atoms with Crippen LogP contribution >= 0.6 is 11.6 Å². The first-order chi connectivity index (χ1) is 9.61. The summed E-state index contributed by atoms with van der Waals surface area (Å²) in [5, 5.41) is 4.13. The highest BCUT2D eigenvalue weighted by molar-refractivity contribution is 6.31. The van der Waals surface area contributed by atoms with Gasteiger partial charge in [0.05, 0.1) is 12.2 Å². The maximum atomic E-state index is 13.4. The Morgan fingerprint density at radius 3 is 2.70 bits per heavy atom. The van der Waals surface area contributed by atoms with Gasteiger partial charge in [-0.3, -0.25) is 4.98 Å². The molecule has 1 N–H and O–H groups in total. The normalized spacial score (nSPS) is 12.4. The van der Waals surface area contributed by atoms with Crippen molar-refractivity contribution in [3.05, 3.63) is 64.2 Å². The molecule has 2 rings (SSSR count). The van der Waals surface area contributed by atoms with Crippen LogP contribution in [0.25, 0.3) is 0 Å². The quantitative estimate of drug-likeness (QED) is 0.890. The molecule has 20 heavy (non-hydrogen) atoms. The number of aromatic nitrogens is 1. The summed E-state index contributed by atoms with van der Waals surface area (Å²) >= 11 is 6.19. The number of halogens is 2. The third-order valence-corrected chi connectivity index (χ3v) is 3.59. The minimum atomic E-state index is -0.330. The zero-order valence-electron chi connectivity index (χ0n) is 11.7. The summed E-state index contributed by atoms with van der Waals surface area (Å²) in [7, 11) is 0. The van der Waals surface area contributed by atoms with Crippen LogP contribution in [0.3, 0.4) is 0 Å². The minimum Gasteiger partial charge on any atom is -0.306 e. The molecule has 2 nitrogen and oxygen atoms in total. The standard InChI is InChI=1S/C16H18ClFN2/c1-3-6-20-16(13-7-14(18)10-19-9-13)12-5-4-11(2)15(17)8-12/h4-5,7-10,16,20H,3,6H2,1-2H3. The van der Waals surface area contributed by atoms with Gasteiger partial charge in [-0.05, 0) is 48.7 Å². The molecule has 0 fully saturated rings. The Balaban J connectivity index is 2.38. The Morgan fingerprint density at radius 1 is 1.25 bits per heavy atom. The second-order valence-electron chi connectivity index (χ2n) is 4.83. The number of benzene rings is 1. The highest BCUT2D eigenvalue weighted by Gasteiger charge is 2.15. The molecule has 0 aliphatic heterocycles. The van der Waals surface area contributed by atoms with E-state index in [4.69, 9.17) is 11.6 Å². The Hall–Kier alpha value is -1.45. The van der Waals surface area contributed by atoms with E-state index in [0.717, 1.165) is 34.7 Å². The molecule has 1 atom stereocenters. The van der Waals surface area contributed by atoms with Gasteiger partial charge in [0.2, 0.25) is 0 Å². The van der Waals surface area contributed by atoms with Gasteiger partial charge in [0.25, 0.3) is 0 Å². The van der Waals surface area contributed by atoms with Gasteiger partial charge in [-0.25, -0.2) is 4.39 Å². The van der Waals surface area contributed by atoms with E-state index < -0.39 is 0 Å². The largest absolute Gasteiger partial charge is 0.306 e. The van der Waals surface area contributed by atoms with E-state index in [1.807, 2.05) is 25.1 Å². The number of nitrogens with zero attached hydrogens (tertiary/aromatic N) is 1.